The van der Waals surface area contributed by atoms with E-state index in [9.17, 15) is 18.0 Å². The average molecular weight is 478 g/mol. The predicted molar refractivity (Wildman–Crippen MR) is 124 cm³/mol. The SMILES string of the molecule is CCC(=NOCc1ccc(C(F)(F)F)cc1)c1ccc(NC(CC2CCOCC2)C(N)=O)cc1. The Bertz CT molecular complexity index is 954. The van der Waals surface area contributed by atoms with E-state index in [1.165, 1.54) is 12.1 Å². The van der Waals surface area contributed by atoms with Crippen molar-refractivity contribution < 1.29 is 27.5 Å². The third-order valence-corrected chi connectivity index (χ3v) is 5.83. The molecule has 0 spiro atoms. The molecule has 1 fully saturated rings. The number of primary amides is 1. The van der Waals surface area contributed by atoms with Gasteiger partial charge in [-0.05, 0) is 67.0 Å². The highest BCUT2D eigenvalue weighted by atomic mass is 19.4. The largest absolute Gasteiger partial charge is 0.416 e. The maximum absolute atomic E-state index is 12.7. The van der Waals surface area contributed by atoms with Crippen molar-refractivity contribution in [3.05, 3.63) is 65.2 Å². The zero-order valence-electron chi connectivity index (χ0n) is 19.1. The Morgan fingerprint density at radius 3 is 2.35 bits per heavy atom. The molecule has 0 aliphatic carbocycles. The Balaban J connectivity index is 1.57. The number of anilines is 1. The number of rotatable bonds is 10. The number of carbonyl (C=O) groups excluding carboxylic acids is 1. The first-order valence-electron chi connectivity index (χ1n) is 11.3. The highest BCUT2D eigenvalue weighted by Gasteiger charge is 2.30. The number of amides is 1. The van der Waals surface area contributed by atoms with Gasteiger partial charge in [0.2, 0.25) is 5.91 Å². The number of hydrogen-bond acceptors (Lipinski definition) is 5. The van der Waals surface area contributed by atoms with Crippen molar-refractivity contribution >= 4 is 17.3 Å². The second kappa shape index (κ2) is 11.9. The summed E-state index contributed by atoms with van der Waals surface area (Å²) in [5.74, 6) is 0.0155. The van der Waals surface area contributed by atoms with Crippen molar-refractivity contribution in [3.63, 3.8) is 0 Å². The molecule has 184 valence electrons. The van der Waals surface area contributed by atoms with Crippen molar-refractivity contribution in [2.75, 3.05) is 18.5 Å². The summed E-state index contributed by atoms with van der Waals surface area (Å²) in [4.78, 5) is 17.3. The van der Waals surface area contributed by atoms with E-state index < -0.39 is 17.8 Å². The number of oxime groups is 1. The minimum atomic E-state index is -4.36. The first-order valence-corrected chi connectivity index (χ1v) is 11.3. The fourth-order valence-electron chi connectivity index (χ4n) is 3.82. The Labute approximate surface area is 197 Å². The highest BCUT2D eigenvalue weighted by molar-refractivity contribution is 6.00. The summed E-state index contributed by atoms with van der Waals surface area (Å²) in [5.41, 5.74) is 7.83. The summed E-state index contributed by atoms with van der Waals surface area (Å²) >= 11 is 0. The minimum absolute atomic E-state index is 0.0633. The van der Waals surface area contributed by atoms with E-state index in [1.54, 1.807) is 0 Å². The lowest BCUT2D eigenvalue weighted by molar-refractivity contribution is -0.137. The molecule has 9 heteroatoms. The van der Waals surface area contributed by atoms with E-state index in [-0.39, 0.29) is 12.5 Å². The first kappa shape index (κ1) is 25.6. The van der Waals surface area contributed by atoms with Crippen LogP contribution in [0, 0.1) is 5.92 Å². The third-order valence-electron chi connectivity index (χ3n) is 5.83. The molecule has 0 bridgehead atoms. The standard InChI is InChI=1S/C25H30F3N3O3/c1-2-22(31-34-16-18-3-7-20(8-4-18)25(26,27)28)19-5-9-21(10-6-19)30-23(24(29)32)15-17-11-13-33-14-12-17/h3-10,17,23,30H,2,11-16H2,1H3,(H2,29,32). The molecule has 3 N–H and O–H groups in total. The summed E-state index contributed by atoms with van der Waals surface area (Å²) in [6.45, 7) is 3.42. The fourth-order valence-corrected chi connectivity index (χ4v) is 3.82. The highest BCUT2D eigenvalue weighted by Crippen LogP contribution is 2.29. The van der Waals surface area contributed by atoms with Crippen LogP contribution in [0.2, 0.25) is 0 Å². The zero-order valence-corrected chi connectivity index (χ0v) is 19.1. The van der Waals surface area contributed by atoms with E-state index in [1.807, 2.05) is 31.2 Å². The van der Waals surface area contributed by atoms with Crippen molar-refractivity contribution in [2.45, 2.75) is 51.4 Å². The van der Waals surface area contributed by atoms with Crippen LogP contribution in [0.15, 0.2) is 53.7 Å². The zero-order chi connectivity index (χ0) is 24.6. The van der Waals surface area contributed by atoms with Gasteiger partial charge >= 0.3 is 6.18 Å². The van der Waals surface area contributed by atoms with Crippen LogP contribution in [-0.4, -0.2) is 30.9 Å². The topological polar surface area (TPSA) is 85.9 Å². The van der Waals surface area contributed by atoms with Gasteiger partial charge in [0, 0.05) is 18.9 Å². The summed E-state index contributed by atoms with van der Waals surface area (Å²) in [6, 6.07) is 11.8. The van der Waals surface area contributed by atoms with E-state index in [2.05, 4.69) is 10.5 Å². The van der Waals surface area contributed by atoms with Gasteiger partial charge in [-0.2, -0.15) is 13.2 Å². The number of halogens is 3. The molecule has 2 aromatic rings. The van der Waals surface area contributed by atoms with Gasteiger partial charge in [0.15, 0.2) is 0 Å². The van der Waals surface area contributed by atoms with Gasteiger partial charge in [-0.15, -0.1) is 0 Å². The van der Waals surface area contributed by atoms with E-state index >= 15 is 0 Å². The fraction of sp³-hybridized carbons (Fsp3) is 0.440. The number of nitrogens with one attached hydrogen (secondary N) is 1. The minimum Gasteiger partial charge on any atom is -0.391 e. The van der Waals surface area contributed by atoms with Crippen molar-refractivity contribution in [1.82, 2.24) is 0 Å². The van der Waals surface area contributed by atoms with Crippen LogP contribution in [0.25, 0.3) is 0 Å². The van der Waals surface area contributed by atoms with Gasteiger partial charge in [0.25, 0.3) is 0 Å². The van der Waals surface area contributed by atoms with Gasteiger partial charge < -0.3 is 20.6 Å². The summed E-state index contributed by atoms with van der Waals surface area (Å²) < 4.78 is 43.4. The summed E-state index contributed by atoms with van der Waals surface area (Å²) in [6.07, 6.45) is -1.25. The van der Waals surface area contributed by atoms with Crippen molar-refractivity contribution in [1.29, 1.82) is 0 Å². The average Bonchev–Trinajstić information content (AvgIpc) is 2.82. The molecule has 6 nitrogen and oxygen atoms in total. The molecular weight excluding hydrogens is 447 g/mol. The van der Waals surface area contributed by atoms with Crippen LogP contribution in [0.3, 0.4) is 0 Å². The molecule has 2 aromatic carbocycles. The van der Waals surface area contributed by atoms with Gasteiger partial charge in [0.1, 0.15) is 12.6 Å². The number of carbonyl (C=O) groups is 1. The number of benzene rings is 2. The summed E-state index contributed by atoms with van der Waals surface area (Å²) in [5, 5.41) is 7.39. The maximum Gasteiger partial charge on any atom is 0.416 e. The number of ether oxygens (including phenoxy) is 1. The quantitative estimate of drug-likeness (QED) is 0.367. The molecular formula is C25H30F3N3O3. The molecule has 1 saturated heterocycles. The van der Waals surface area contributed by atoms with Crippen molar-refractivity contribution in [3.8, 4) is 0 Å². The van der Waals surface area contributed by atoms with Crippen molar-refractivity contribution in [2.24, 2.45) is 16.8 Å². The number of nitrogens with two attached hydrogens (primary N) is 1. The lowest BCUT2D eigenvalue weighted by atomic mass is 9.92. The Hall–Kier alpha value is -3.07. The predicted octanol–water partition coefficient (Wildman–Crippen LogP) is 5.12. The first-order chi connectivity index (χ1) is 16.3. The smallest absolute Gasteiger partial charge is 0.391 e. The van der Waals surface area contributed by atoms with Gasteiger partial charge in [-0.1, -0.05) is 36.3 Å². The lowest BCUT2D eigenvalue weighted by Gasteiger charge is -2.26. The van der Waals surface area contributed by atoms with Gasteiger partial charge in [-0.25, -0.2) is 0 Å². The molecule has 0 saturated carbocycles. The van der Waals surface area contributed by atoms with Crippen LogP contribution >= 0.6 is 0 Å². The molecule has 34 heavy (non-hydrogen) atoms. The maximum atomic E-state index is 12.7. The van der Waals surface area contributed by atoms with Crippen LogP contribution in [0.5, 0.6) is 0 Å². The summed E-state index contributed by atoms with van der Waals surface area (Å²) in [7, 11) is 0. The Morgan fingerprint density at radius 1 is 1.15 bits per heavy atom. The van der Waals surface area contributed by atoms with E-state index in [0.29, 0.717) is 43.2 Å². The molecule has 1 aliphatic heterocycles. The number of nitrogens with zero attached hydrogens (tertiary/aromatic N) is 1. The Kier molecular flexibility index (Phi) is 8.92. The third kappa shape index (κ3) is 7.48. The molecule has 1 unspecified atom stereocenters. The van der Waals surface area contributed by atoms with Crippen LogP contribution in [0.4, 0.5) is 18.9 Å². The van der Waals surface area contributed by atoms with E-state index in [4.69, 9.17) is 15.3 Å². The Morgan fingerprint density at radius 2 is 1.79 bits per heavy atom. The van der Waals surface area contributed by atoms with Crippen LogP contribution in [-0.2, 0) is 27.2 Å². The molecule has 3 rings (SSSR count). The van der Waals surface area contributed by atoms with E-state index in [0.717, 1.165) is 36.2 Å². The van der Waals surface area contributed by atoms with Crippen LogP contribution in [0.1, 0.15) is 49.3 Å². The lowest BCUT2D eigenvalue weighted by Crippen LogP contribution is -2.38. The normalized spacial score (nSPS) is 16.2. The number of hydrogen-bond donors (Lipinski definition) is 2. The van der Waals surface area contributed by atoms with Gasteiger partial charge in [0.05, 0.1) is 11.3 Å². The monoisotopic (exact) mass is 477 g/mol. The second-order valence-electron chi connectivity index (χ2n) is 8.33. The molecule has 0 radical (unpaired) electrons. The molecule has 1 aliphatic rings. The molecule has 1 amide bonds. The number of alkyl halides is 3. The molecule has 0 aromatic heterocycles. The molecule has 1 atom stereocenters. The van der Waals surface area contributed by atoms with Crippen LogP contribution < -0.4 is 11.1 Å². The van der Waals surface area contributed by atoms with Gasteiger partial charge in [-0.3, -0.25) is 4.79 Å². The second-order valence-corrected chi connectivity index (χ2v) is 8.33. The molecule has 1 heterocycles.